The highest BCUT2D eigenvalue weighted by Crippen LogP contribution is 2.28. The third-order valence-electron chi connectivity index (χ3n) is 5.01. The first kappa shape index (κ1) is 24.6. The van der Waals surface area contributed by atoms with Crippen LogP contribution >= 0.6 is 15.9 Å². The van der Waals surface area contributed by atoms with Crippen LogP contribution in [0.5, 0.6) is 11.6 Å². The minimum Gasteiger partial charge on any atom is -0.438 e. The van der Waals surface area contributed by atoms with Crippen molar-refractivity contribution >= 4 is 44.4 Å². The van der Waals surface area contributed by atoms with E-state index in [2.05, 4.69) is 31.0 Å². The van der Waals surface area contributed by atoms with Crippen LogP contribution in [0, 0.1) is 20.2 Å². The fraction of sp³-hybridized carbons (Fsp3) is 0.130. The van der Waals surface area contributed by atoms with Crippen molar-refractivity contribution in [2.24, 2.45) is 5.10 Å². The van der Waals surface area contributed by atoms with Gasteiger partial charge in [0, 0.05) is 40.2 Å². The molecule has 13 heteroatoms. The monoisotopic (exact) mass is 552 g/mol. The van der Waals surface area contributed by atoms with Gasteiger partial charge in [-0.25, -0.2) is 9.97 Å². The number of aromatic nitrogens is 3. The molecule has 0 amide bonds. The van der Waals surface area contributed by atoms with Crippen molar-refractivity contribution in [1.82, 2.24) is 14.6 Å². The van der Waals surface area contributed by atoms with Crippen molar-refractivity contribution in [1.29, 1.82) is 0 Å². The molecule has 4 rings (SSSR count). The molecule has 2 aromatic heterocycles. The standard InChI is InChI=1S/C23H17BrN6O6/c1-13(2)22-27-19-6-3-15(24)10-18(19)23(31)28(22)26-11-14-9-16(29(32)33)4-7-20(14)36-21-8-5-17(12-25-21)30(34)35/h3-13H,1-2H3. The Hall–Kier alpha value is -4.52. The second kappa shape index (κ2) is 10.00. The van der Waals surface area contributed by atoms with Crippen LogP contribution in [0.25, 0.3) is 10.9 Å². The Labute approximate surface area is 211 Å². The number of nitro groups is 2. The molecule has 0 N–H and O–H groups in total. The molecule has 0 bridgehead atoms. The van der Waals surface area contributed by atoms with Crippen molar-refractivity contribution in [3.05, 3.63) is 101 Å². The fourth-order valence-electron chi connectivity index (χ4n) is 3.27. The Balaban J connectivity index is 1.81. The Morgan fingerprint density at radius 2 is 1.78 bits per heavy atom. The van der Waals surface area contributed by atoms with E-state index >= 15 is 0 Å². The van der Waals surface area contributed by atoms with Gasteiger partial charge in [0.1, 0.15) is 17.8 Å². The maximum Gasteiger partial charge on any atom is 0.287 e. The zero-order valence-corrected chi connectivity index (χ0v) is 20.4. The lowest BCUT2D eigenvalue weighted by molar-refractivity contribution is -0.385. The lowest BCUT2D eigenvalue weighted by Gasteiger charge is -2.12. The summed E-state index contributed by atoms with van der Waals surface area (Å²) < 4.78 is 7.55. The SMILES string of the molecule is CC(C)c1nc2ccc(Br)cc2c(=O)n1N=Cc1cc([N+](=O)[O-])ccc1Oc1ccc([N+](=O)[O-])cn1. The molecule has 2 aromatic carbocycles. The van der Waals surface area contributed by atoms with Crippen LogP contribution in [0.15, 0.2) is 69.1 Å². The van der Waals surface area contributed by atoms with Crippen LogP contribution in [0.2, 0.25) is 0 Å². The van der Waals surface area contributed by atoms with Gasteiger partial charge in [-0.2, -0.15) is 9.78 Å². The lowest BCUT2D eigenvalue weighted by atomic mass is 10.2. The number of nitro benzene ring substituents is 1. The van der Waals surface area contributed by atoms with Gasteiger partial charge in [-0.05, 0) is 24.3 Å². The van der Waals surface area contributed by atoms with Crippen LogP contribution < -0.4 is 10.3 Å². The summed E-state index contributed by atoms with van der Waals surface area (Å²) in [6.07, 6.45) is 2.29. The van der Waals surface area contributed by atoms with Gasteiger partial charge in [-0.1, -0.05) is 29.8 Å². The molecule has 0 unspecified atom stereocenters. The minimum atomic E-state index is -0.596. The van der Waals surface area contributed by atoms with E-state index in [9.17, 15) is 25.0 Å². The molecule has 0 atom stereocenters. The van der Waals surface area contributed by atoms with Gasteiger partial charge in [-0.3, -0.25) is 25.0 Å². The van der Waals surface area contributed by atoms with Crippen molar-refractivity contribution < 1.29 is 14.6 Å². The molecule has 0 aliphatic rings. The summed E-state index contributed by atoms with van der Waals surface area (Å²) in [5.74, 6) is 0.409. The maximum absolute atomic E-state index is 13.2. The normalized spacial score (nSPS) is 11.3. The van der Waals surface area contributed by atoms with E-state index < -0.39 is 15.4 Å². The van der Waals surface area contributed by atoms with Crippen LogP contribution in [0.1, 0.15) is 31.2 Å². The Kier molecular flexibility index (Phi) is 6.83. The smallest absolute Gasteiger partial charge is 0.287 e. The van der Waals surface area contributed by atoms with E-state index in [1.165, 1.54) is 36.5 Å². The second-order valence-corrected chi connectivity index (χ2v) is 8.76. The third-order valence-corrected chi connectivity index (χ3v) is 5.51. The average molecular weight is 553 g/mol. The van der Waals surface area contributed by atoms with Crippen molar-refractivity contribution in [2.75, 3.05) is 0 Å². The topological polar surface area (TPSA) is 156 Å². The molecular formula is C23H17BrN6O6. The fourth-order valence-corrected chi connectivity index (χ4v) is 3.63. The van der Waals surface area contributed by atoms with E-state index in [1.807, 2.05) is 13.8 Å². The van der Waals surface area contributed by atoms with Gasteiger partial charge in [0.15, 0.2) is 0 Å². The predicted molar refractivity (Wildman–Crippen MR) is 135 cm³/mol. The number of non-ortho nitro benzene ring substituents is 1. The molecule has 4 aromatic rings. The highest BCUT2D eigenvalue weighted by Gasteiger charge is 2.16. The van der Waals surface area contributed by atoms with Gasteiger partial charge in [0.05, 0.1) is 27.0 Å². The average Bonchev–Trinajstić information content (AvgIpc) is 2.84. The summed E-state index contributed by atoms with van der Waals surface area (Å²) in [5, 5.41) is 26.9. The number of rotatable bonds is 7. The number of nitrogens with zero attached hydrogens (tertiary/aromatic N) is 6. The molecule has 2 heterocycles. The summed E-state index contributed by atoms with van der Waals surface area (Å²) in [4.78, 5) is 42.7. The van der Waals surface area contributed by atoms with Crippen molar-refractivity contribution in [2.45, 2.75) is 19.8 Å². The molecule has 36 heavy (non-hydrogen) atoms. The number of hydrogen-bond donors (Lipinski definition) is 0. The molecule has 0 saturated carbocycles. The zero-order valence-electron chi connectivity index (χ0n) is 18.9. The molecule has 0 aliphatic heterocycles. The number of halogens is 1. The van der Waals surface area contributed by atoms with Crippen LogP contribution in [0.3, 0.4) is 0 Å². The molecular weight excluding hydrogens is 536 g/mol. The largest absolute Gasteiger partial charge is 0.438 e. The highest BCUT2D eigenvalue weighted by molar-refractivity contribution is 9.10. The van der Waals surface area contributed by atoms with E-state index in [0.29, 0.717) is 21.2 Å². The van der Waals surface area contributed by atoms with Crippen molar-refractivity contribution in [3.63, 3.8) is 0 Å². The third kappa shape index (κ3) is 5.10. The van der Waals surface area contributed by atoms with Crippen LogP contribution in [0.4, 0.5) is 11.4 Å². The summed E-state index contributed by atoms with van der Waals surface area (Å²) in [6.45, 7) is 3.72. The first-order valence-corrected chi connectivity index (χ1v) is 11.3. The number of fused-ring (bicyclic) bond motifs is 1. The van der Waals surface area contributed by atoms with Gasteiger partial charge in [-0.15, -0.1) is 0 Å². The predicted octanol–water partition coefficient (Wildman–Crippen LogP) is 5.17. The second-order valence-electron chi connectivity index (χ2n) is 7.84. The summed E-state index contributed by atoms with van der Waals surface area (Å²) >= 11 is 3.35. The number of hydrogen-bond acceptors (Lipinski definition) is 9. The molecule has 0 saturated heterocycles. The summed E-state index contributed by atoms with van der Waals surface area (Å²) in [6, 6.07) is 11.5. The number of pyridine rings is 1. The molecule has 0 spiro atoms. The number of benzene rings is 2. The number of ether oxygens (including phenoxy) is 1. The Morgan fingerprint density at radius 1 is 1.06 bits per heavy atom. The van der Waals surface area contributed by atoms with Gasteiger partial charge >= 0.3 is 0 Å². The first-order chi connectivity index (χ1) is 17.1. The Bertz CT molecular complexity index is 1580. The van der Waals surface area contributed by atoms with Crippen molar-refractivity contribution in [3.8, 4) is 11.6 Å². The molecule has 0 aliphatic carbocycles. The lowest BCUT2D eigenvalue weighted by Crippen LogP contribution is -2.23. The highest BCUT2D eigenvalue weighted by atomic mass is 79.9. The summed E-state index contributed by atoms with van der Waals surface area (Å²) in [7, 11) is 0. The van der Waals surface area contributed by atoms with Gasteiger partial charge in [0.2, 0.25) is 5.88 Å². The van der Waals surface area contributed by atoms with E-state index in [0.717, 1.165) is 10.9 Å². The molecule has 12 nitrogen and oxygen atoms in total. The van der Waals surface area contributed by atoms with Gasteiger partial charge < -0.3 is 4.74 Å². The van der Waals surface area contributed by atoms with Crippen LogP contribution in [-0.2, 0) is 0 Å². The molecule has 0 fully saturated rings. The Morgan fingerprint density at radius 3 is 2.42 bits per heavy atom. The van der Waals surface area contributed by atoms with E-state index in [1.54, 1.807) is 18.2 Å². The molecule has 182 valence electrons. The zero-order chi connectivity index (χ0) is 26.0. The molecule has 0 radical (unpaired) electrons. The minimum absolute atomic E-state index is 0.0290. The van der Waals surface area contributed by atoms with Gasteiger partial charge in [0.25, 0.3) is 16.9 Å². The van der Waals surface area contributed by atoms with E-state index in [4.69, 9.17) is 4.74 Å². The maximum atomic E-state index is 13.2. The summed E-state index contributed by atoms with van der Waals surface area (Å²) in [5.41, 5.74) is -0.158. The quantitative estimate of drug-likeness (QED) is 0.172. The van der Waals surface area contributed by atoms with E-state index in [-0.39, 0.29) is 34.5 Å². The van der Waals surface area contributed by atoms with Crippen LogP contribution in [-0.4, -0.2) is 30.7 Å². The first-order valence-electron chi connectivity index (χ1n) is 10.5.